The van der Waals surface area contributed by atoms with Gasteiger partial charge in [0.2, 0.25) is 0 Å². The van der Waals surface area contributed by atoms with Crippen molar-refractivity contribution in [2.45, 2.75) is 11.8 Å². The smallest absolute Gasteiger partial charge is 0.261 e. The number of hydrazone groups is 1. The van der Waals surface area contributed by atoms with Crippen LogP contribution < -0.4 is 14.9 Å². The molecule has 0 aliphatic carbocycles. The third-order valence-electron chi connectivity index (χ3n) is 4.05. The summed E-state index contributed by atoms with van der Waals surface area (Å²) in [5.41, 5.74) is 5.90. The highest BCUT2D eigenvalue weighted by Gasteiger charge is 2.14. The number of ether oxygens (including phenoxy) is 1. The van der Waals surface area contributed by atoms with Crippen molar-refractivity contribution in [2.24, 2.45) is 5.10 Å². The fourth-order valence-corrected chi connectivity index (χ4v) is 3.53. The molecule has 0 aliphatic rings. The summed E-state index contributed by atoms with van der Waals surface area (Å²) in [6.07, 6.45) is 0. The van der Waals surface area contributed by atoms with E-state index >= 15 is 0 Å². The van der Waals surface area contributed by atoms with Crippen LogP contribution in [0, 0.1) is 0 Å². The lowest BCUT2D eigenvalue weighted by Crippen LogP contribution is -2.13. The first-order chi connectivity index (χ1) is 13.5. The average molecular weight is 395 g/mol. The first-order valence-corrected chi connectivity index (χ1v) is 10.1. The number of methoxy groups -OCH3 is 1. The first kappa shape index (κ1) is 19.4. The van der Waals surface area contributed by atoms with Crippen LogP contribution in [0.25, 0.3) is 0 Å². The minimum atomic E-state index is -3.68. The molecular weight excluding hydrogens is 374 g/mol. The van der Waals surface area contributed by atoms with Gasteiger partial charge in [-0.3, -0.25) is 10.1 Å². The minimum absolute atomic E-state index is 0.177. The topological polar surface area (TPSA) is 79.8 Å². The van der Waals surface area contributed by atoms with E-state index in [0.29, 0.717) is 11.4 Å². The summed E-state index contributed by atoms with van der Waals surface area (Å²) in [5.74, 6) is 0.658. The number of nitrogens with zero attached hydrogens (tertiary/aromatic N) is 1. The quantitative estimate of drug-likeness (QED) is 0.461. The predicted octanol–water partition coefficient (Wildman–Crippen LogP) is 4.33. The lowest BCUT2D eigenvalue weighted by Gasteiger charge is -2.09. The molecule has 0 heterocycles. The molecule has 2 N–H and O–H groups in total. The van der Waals surface area contributed by atoms with Crippen LogP contribution in [0.3, 0.4) is 0 Å². The molecule has 0 atom stereocenters. The van der Waals surface area contributed by atoms with Gasteiger partial charge in [-0.1, -0.05) is 30.3 Å². The third-order valence-corrected chi connectivity index (χ3v) is 5.45. The molecule has 0 unspecified atom stereocenters. The van der Waals surface area contributed by atoms with Crippen molar-refractivity contribution in [2.75, 3.05) is 17.3 Å². The van der Waals surface area contributed by atoms with Crippen LogP contribution >= 0.6 is 0 Å². The van der Waals surface area contributed by atoms with Gasteiger partial charge in [-0.05, 0) is 61.0 Å². The van der Waals surface area contributed by atoms with E-state index in [1.54, 1.807) is 55.6 Å². The summed E-state index contributed by atoms with van der Waals surface area (Å²) in [7, 11) is -2.12. The number of sulfonamides is 1. The average Bonchev–Trinajstić information content (AvgIpc) is 2.73. The number of rotatable bonds is 7. The van der Waals surface area contributed by atoms with Crippen molar-refractivity contribution >= 4 is 27.1 Å². The van der Waals surface area contributed by atoms with E-state index in [2.05, 4.69) is 15.2 Å². The molecule has 3 aromatic carbocycles. The summed E-state index contributed by atoms with van der Waals surface area (Å²) in [6, 6.07) is 22.9. The van der Waals surface area contributed by atoms with Crippen molar-refractivity contribution < 1.29 is 13.2 Å². The number of hydrogen-bond donors (Lipinski definition) is 2. The van der Waals surface area contributed by atoms with E-state index in [1.807, 2.05) is 37.3 Å². The Bertz CT molecular complexity index is 1050. The Balaban J connectivity index is 1.71. The number of para-hydroxylation sites is 1. The monoisotopic (exact) mass is 395 g/mol. The Hall–Kier alpha value is -3.32. The van der Waals surface area contributed by atoms with Crippen LogP contribution in [0.1, 0.15) is 12.5 Å². The van der Waals surface area contributed by atoms with E-state index in [4.69, 9.17) is 4.74 Å². The Morgan fingerprint density at radius 2 is 1.50 bits per heavy atom. The molecule has 7 heteroatoms. The van der Waals surface area contributed by atoms with Crippen LogP contribution in [0.2, 0.25) is 0 Å². The van der Waals surface area contributed by atoms with Crippen molar-refractivity contribution in [3.63, 3.8) is 0 Å². The maximum Gasteiger partial charge on any atom is 0.261 e. The van der Waals surface area contributed by atoms with Crippen molar-refractivity contribution in [3.8, 4) is 5.75 Å². The van der Waals surface area contributed by atoms with Gasteiger partial charge >= 0.3 is 0 Å². The lowest BCUT2D eigenvalue weighted by molar-refractivity contribution is 0.415. The Morgan fingerprint density at radius 3 is 2.11 bits per heavy atom. The van der Waals surface area contributed by atoms with Gasteiger partial charge in [0.05, 0.1) is 23.4 Å². The minimum Gasteiger partial charge on any atom is -0.497 e. The Kier molecular flexibility index (Phi) is 5.96. The van der Waals surface area contributed by atoms with Gasteiger partial charge in [-0.2, -0.15) is 5.10 Å². The maximum atomic E-state index is 12.6. The van der Waals surface area contributed by atoms with Gasteiger partial charge in [-0.15, -0.1) is 0 Å². The second kappa shape index (κ2) is 8.58. The zero-order valence-electron chi connectivity index (χ0n) is 15.6. The summed E-state index contributed by atoms with van der Waals surface area (Å²) >= 11 is 0. The molecule has 28 heavy (non-hydrogen) atoms. The maximum absolute atomic E-state index is 12.6. The zero-order chi connectivity index (χ0) is 20.0. The fourth-order valence-electron chi connectivity index (χ4n) is 2.47. The molecule has 0 bridgehead atoms. The highest BCUT2D eigenvalue weighted by Crippen LogP contribution is 2.20. The molecule has 0 spiro atoms. The molecule has 0 aromatic heterocycles. The third kappa shape index (κ3) is 4.89. The van der Waals surface area contributed by atoms with E-state index in [0.717, 1.165) is 17.0 Å². The predicted molar refractivity (Wildman–Crippen MR) is 113 cm³/mol. The second-order valence-electron chi connectivity index (χ2n) is 6.03. The summed E-state index contributed by atoms with van der Waals surface area (Å²) < 4.78 is 32.8. The van der Waals surface area contributed by atoms with Crippen molar-refractivity contribution in [3.05, 3.63) is 84.4 Å². The fraction of sp³-hybridized carbons (Fsp3) is 0.0952. The van der Waals surface area contributed by atoms with Crippen LogP contribution in [-0.4, -0.2) is 21.2 Å². The van der Waals surface area contributed by atoms with Crippen molar-refractivity contribution in [1.29, 1.82) is 0 Å². The zero-order valence-corrected chi connectivity index (χ0v) is 16.4. The molecule has 0 fully saturated rings. The van der Waals surface area contributed by atoms with Gasteiger partial charge in [0.25, 0.3) is 10.0 Å². The van der Waals surface area contributed by atoms with E-state index in [-0.39, 0.29) is 4.90 Å². The normalized spacial score (nSPS) is 11.7. The van der Waals surface area contributed by atoms with Gasteiger partial charge in [-0.25, -0.2) is 8.42 Å². The van der Waals surface area contributed by atoms with Crippen LogP contribution in [0.15, 0.2) is 88.9 Å². The largest absolute Gasteiger partial charge is 0.497 e. The standard InChI is InChI=1S/C21H21N3O3S/c1-16(22-23-18-6-4-3-5-7-18)17-8-14-21(15-9-17)28(25,26)24-19-10-12-20(27-2)13-11-19/h3-15,23-24H,1-2H3. The van der Waals surface area contributed by atoms with E-state index < -0.39 is 10.0 Å². The second-order valence-corrected chi connectivity index (χ2v) is 7.72. The first-order valence-electron chi connectivity index (χ1n) is 8.60. The van der Waals surface area contributed by atoms with Crippen LogP contribution in [0.4, 0.5) is 11.4 Å². The highest BCUT2D eigenvalue weighted by atomic mass is 32.2. The summed E-state index contributed by atoms with van der Waals surface area (Å²) in [4.78, 5) is 0.177. The molecular formula is C21H21N3O3S. The van der Waals surface area contributed by atoms with Gasteiger partial charge in [0.1, 0.15) is 5.75 Å². The molecule has 0 saturated carbocycles. The van der Waals surface area contributed by atoms with Gasteiger partial charge in [0.15, 0.2) is 0 Å². The molecule has 0 amide bonds. The summed E-state index contributed by atoms with van der Waals surface area (Å²) in [6.45, 7) is 1.86. The number of benzene rings is 3. The highest BCUT2D eigenvalue weighted by molar-refractivity contribution is 7.92. The van der Waals surface area contributed by atoms with Gasteiger partial charge < -0.3 is 4.74 Å². The van der Waals surface area contributed by atoms with Crippen molar-refractivity contribution in [1.82, 2.24) is 0 Å². The van der Waals surface area contributed by atoms with Gasteiger partial charge in [0, 0.05) is 5.69 Å². The summed E-state index contributed by atoms with van der Waals surface area (Å²) in [5, 5.41) is 4.33. The van der Waals surface area contributed by atoms with Crippen LogP contribution in [0.5, 0.6) is 5.75 Å². The molecule has 0 aliphatic heterocycles. The molecule has 3 aromatic rings. The van der Waals surface area contributed by atoms with Crippen LogP contribution in [-0.2, 0) is 10.0 Å². The van der Waals surface area contributed by atoms with E-state index in [1.165, 1.54) is 0 Å². The Morgan fingerprint density at radius 1 is 0.857 bits per heavy atom. The lowest BCUT2D eigenvalue weighted by atomic mass is 10.1. The molecule has 3 rings (SSSR count). The molecule has 0 saturated heterocycles. The molecule has 0 radical (unpaired) electrons. The molecule has 144 valence electrons. The molecule has 6 nitrogen and oxygen atoms in total. The number of nitrogens with one attached hydrogen (secondary N) is 2. The number of anilines is 2. The van der Waals surface area contributed by atoms with E-state index in [9.17, 15) is 8.42 Å². The number of hydrogen-bond acceptors (Lipinski definition) is 5. The SMILES string of the molecule is COc1ccc(NS(=O)(=O)c2ccc(C(C)=NNc3ccccc3)cc2)cc1. The Labute approximate surface area is 164 Å².